The minimum atomic E-state index is -0.698. The average Bonchev–Trinajstić information content (AvgIpc) is 3.31. The third-order valence-corrected chi connectivity index (χ3v) is 7.61. The van der Waals surface area contributed by atoms with E-state index in [1.54, 1.807) is 13.0 Å². The van der Waals surface area contributed by atoms with Crippen molar-refractivity contribution >= 4 is 17.7 Å². The Balaban J connectivity index is 1.45. The molecule has 4 rings (SSSR count). The molecule has 0 spiro atoms. The molecule has 2 saturated heterocycles. The number of likely N-dealkylation sites (tertiary alicyclic amines) is 2. The summed E-state index contributed by atoms with van der Waals surface area (Å²) < 4.78 is 5.87. The largest absolute Gasteiger partial charge is 0.465 e. The molecular formula is C30H41N3O4. The summed E-state index contributed by atoms with van der Waals surface area (Å²) in [7, 11) is 0. The number of benzene rings is 1. The highest BCUT2D eigenvalue weighted by molar-refractivity contribution is 5.98. The van der Waals surface area contributed by atoms with E-state index in [0.29, 0.717) is 43.7 Å². The van der Waals surface area contributed by atoms with Crippen molar-refractivity contribution in [3.63, 3.8) is 0 Å². The zero-order valence-corrected chi connectivity index (χ0v) is 22.7. The fraction of sp³-hybridized carbons (Fsp3) is 0.567. The first kappa shape index (κ1) is 27.0. The van der Waals surface area contributed by atoms with Crippen LogP contribution in [0, 0.1) is 12.8 Å². The van der Waals surface area contributed by atoms with Crippen molar-refractivity contribution in [2.75, 3.05) is 26.2 Å². The predicted octanol–water partition coefficient (Wildman–Crippen LogP) is 4.48. The fourth-order valence-electron chi connectivity index (χ4n) is 5.30. The van der Waals surface area contributed by atoms with Gasteiger partial charge in [-0.2, -0.15) is 0 Å². The van der Waals surface area contributed by atoms with Crippen molar-refractivity contribution in [1.29, 1.82) is 0 Å². The minimum Gasteiger partial charge on any atom is -0.465 e. The van der Waals surface area contributed by atoms with E-state index < -0.39 is 6.04 Å². The summed E-state index contributed by atoms with van der Waals surface area (Å²) in [6, 6.07) is 10.8. The van der Waals surface area contributed by atoms with Gasteiger partial charge in [0.2, 0.25) is 11.8 Å². The minimum absolute atomic E-state index is 0.0197. The first-order valence-corrected chi connectivity index (χ1v) is 13.7. The third-order valence-electron chi connectivity index (χ3n) is 7.61. The molecule has 1 N–H and O–H groups in total. The number of carbonyl (C=O) groups is 3. The molecule has 2 aromatic rings. The van der Waals surface area contributed by atoms with Crippen LogP contribution in [0.25, 0.3) is 0 Å². The molecule has 2 fully saturated rings. The van der Waals surface area contributed by atoms with E-state index in [4.69, 9.17) is 4.42 Å². The second-order valence-corrected chi connectivity index (χ2v) is 11.5. The molecule has 7 heteroatoms. The molecule has 37 heavy (non-hydrogen) atoms. The van der Waals surface area contributed by atoms with Crippen LogP contribution in [0.1, 0.15) is 80.3 Å². The number of rotatable bonds is 6. The number of aryl methyl sites for hydroxylation is 1. The highest BCUT2D eigenvalue weighted by Crippen LogP contribution is 2.27. The molecule has 3 amide bonds. The first-order valence-electron chi connectivity index (χ1n) is 13.7. The van der Waals surface area contributed by atoms with Gasteiger partial charge >= 0.3 is 0 Å². The molecule has 3 heterocycles. The number of carbonyl (C=O) groups excluding carboxylic acids is 3. The van der Waals surface area contributed by atoms with Crippen LogP contribution in [-0.4, -0.2) is 59.7 Å². The third kappa shape index (κ3) is 6.62. The molecule has 0 aliphatic carbocycles. The van der Waals surface area contributed by atoms with E-state index in [2.05, 4.69) is 5.32 Å². The number of hydrogen-bond donors (Lipinski definition) is 1. The number of hydrogen-bond acceptors (Lipinski definition) is 4. The summed E-state index contributed by atoms with van der Waals surface area (Å²) in [5, 5.41) is 3.00. The summed E-state index contributed by atoms with van der Waals surface area (Å²) in [4.78, 5) is 43.8. The molecule has 2 aliphatic heterocycles. The molecular weight excluding hydrogens is 466 g/mol. The summed E-state index contributed by atoms with van der Waals surface area (Å²) in [5.41, 5.74) is 1.22. The van der Waals surface area contributed by atoms with Gasteiger partial charge in [-0.05, 0) is 50.7 Å². The summed E-state index contributed by atoms with van der Waals surface area (Å²) in [6.45, 7) is 10.7. The quantitative estimate of drug-likeness (QED) is 0.625. The van der Waals surface area contributed by atoms with E-state index >= 15 is 0 Å². The first-order chi connectivity index (χ1) is 17.6. The van der Waals surface area contributed by atoms with Crippen molar-refractivity contribution in [1.82, 2.24) is 15.1 Å². The molecule has 7 nitrogen and oxygen atoms in total. The van der Waals surface area contributed by atoms with Gasteiger partial charge in [-0.15, -0.1) is 0 Å². The number of amides is 3. The van der Waals surface area contributed by atoms with Crippen LogP contribution in [0.5, 0.6) is 0 Å². The van der Waals surface area contributed by atoms with Crippen molar-refractivity contribution < 1.29 is 18.8 Å². The topological polar surface area (TPSA) is 82.9 Å². The van der Waals surface area contributed by atoms with Gasteiger partial charge in [0.15, 0.2) is 0 Å². The summed E-state index contributed by atoms with van der Waals surface area (Å²) in [5.74, 6) is 1.10. The van der Waals surface area contributed by atoms with Gasteiger partial charge in [0, 0.05) is 43.9 Å². The Kier molecular flexibility index (Phi) is 8.40. The molecule has 0 saturated carbocycles. The normalized spacial score (nSPS) is 17.9. The highest BCUT2D eigenvalue weighted by atomic mass is 16.3. The van der Waals surface area contributed by atoms with Crippen LogP contribution in [0.4, 0.5) is 0 Å². The van der Waals surface area contributed by atoms with E-state index in [0.717, 1.165) is 37.3 Å². The van der Waals surface area contributed by atoms with Crippen molar-refractivity contribution in [3.8, 4) is 0 Å². The second-order valence-electron chi connectivity index (χ2n) is 11.5. The lowest BCUT2D eigenvalue weighted by atomic mass is 9.93. The lowest BCUT2D eigenvalue weighted by Crippen LogP contribution is -2.53. The van der Waals surface area contributed by atoms with E-state index in [1.165, 1.54) is 6.42 Å². The molecule has 1 aromatic heterocycles. The van der Waals surface area contributed by atoms with Crippen molar-refractivity contribution in [3.05, 3.63) is 59.0 Å². The van der Waals surface area contributed by atoms with Gasteiger partial charge in [-0.1, -0.05) is 51.1 Å². The zero-order valence-electron chi connectivity index (χ0n) is 22.7. The van der Waals surface area contributed by atoms with Crippen molar-refractivity contribution in [2.24, 2.45) is 5.92 Å². The van der Waals surface area contributed by atoms with Crippen LogP contribution in [0.3, 0.4) is 0 Å². The monoisotopic (exact) mass is 507 g/mol. The standard InChI is InChI=1S/C30H41N3O4/c1-21-24(20-26(37-21)30(2,3)4)27(34)31-25(19-22-11-7-5-8-12-22)29(36)33-17-13-23(14-18-33)28(35)32-15-9-6-10-16-32/h5,7-8,11-12,20,23,25H,6,9-10,13-19H2,1-4H3,(H,31,34)/t25-/m1/s1. The maximum absolute atomic E-state index is 13.7. The molecule has 0 bridgehead atoms. The zero-order chi connectivity index (χ0) is 26.6. The van der Waals surface area contributed by atoms with Crippen LogP contribution >= 0.6 is 0 Å². The van der Waals surface area contributed by atoms with E-state index in [9.17, 15) is 14.4 Å². The Morgan fingerprint density at radius 2 is 1.62 bits per heavy atom. The maximum Gasteiger partial charge on any atom is 0.255 e. The Bertz CT molecular complexity index is 1090. The molecule has 1 atom stereocenters. The highest BCUT2D eigenvalue weighted by Gasteiger charge is 2.34. The van der Waals surface area contributed by atoms with Gasteiger partial charge in [0.25, 0.3) is 5.91 Å². The van der Waals surface area contributed by atoms with Crippen LogP contribution in [-0.2, 0) is 21.4 Å². The summed E-state index contributed by atoms with van der Waals surface area (Å²) in [6.07, 6.45) is 5.10. The smallest absolute Gasteiger partial charge is 0.255 e. The van der Waals surface area contributed by atoms with E-state index in [1.807, 2.05) is 60.9 Å². The lowest BCUT2D eigenvalue weighted by Gasteiger charge is -2.37. The number of piperidine rings is 2. The fourth-order valence-corrected chi connectivity index (χ4v) is 5.30. The average molecular weight is 508 g/mol. The Hall–Kier alpha value is -3.09. The lowest BCUT2D eigenvalue weighted by molar-refractivity contribution is -0.142. The molecule has 0 radical (unpaired) electrons. The molecule has 1 aromatic carbocycles. The Morgan fingerprint density at radius 1 is 0.973 bits per heavy atom. The SMILES string of the molecule is Cc1oc(C(C)(C)C)cc1C(=O)N[C@H](Cc1ccccc1)C(=O)N1CCC(C(=O)N2CCCCC2)CC1. The maximum atomic E-state index is 13.7. The Labute approximate surface area is 220 Å². The number of furan rings is 1. The van der Waals surface area contributed by atoms with Crippen LogP contribution < -0.4 is 5.32 Å². The van der Waals surface area contributed by atoms with Crippen molar-refractivity contribution in [2.45, 2.75) is 77.7 Å². The van der Waals surface area contributed by atoms with E-state index in [-0.39, 0.29) is 29.1 Å². The van der Waals surface area contributed by atoms with Crippen LogP contribution in [0.2, 0.25) is 0 Å². The second kappa shape index (κ2) is 11.5. The predicted molar refractivity (Wildman–Crippen MR) is 143 cm³/mol. The van der Waals surface area contributed by atoms with Gasteiger partial charge in [-0.3, -0.25) is 14.4 Å². The summed E-state index contributed by atoms with van der Waals surface area (Å²) >= 11 is 0. The van der Waals surface area contributed by atoms with Gasteiger partial charge < -0.3 is 19.5 Å². The van der Waals surface area contributed by atoms with Gasteiger partial charge in [0.1, 0.15) is 17.6 Å². The number of nitrogens with one attached hydrogen (secondary N) is 1. The van der Waals surface area contributed by atoms with Crippen LogP contribution in [0.15, 0.2) is 40.8 Å². The number of nitrogens with zero attached hydrogens (tertiary/aromatic N) is 2. The Morgan fingerprint density at radius 3 is 2.22 bits per heavy atom. The van der Waals surface area contributed by atoms with Gasteiger partial charge in [-0.25, -0.2) is 0 Å². The molecule has 0 unspecified atom stereocenters. The molecule has 200 valence electrons. The van der Waals surface area contributed by atoms with Gasteiger partial charge in [0.05, 0.1) is 5.56 Å². The molecule has 2 aliphatic rings.